The van der Waals surface area contributed by atoms with Gasteiger partial charge in [-0.05, 0) is 42.8 Å². The summed E-state index contributed by atoms with van der Waals surface area (Å²) in [6.45, 7) is 1.81. The van der Waals surface area contributed by atoms with Crippen LogP contribution >= 0.6 is 0 Å². The van der Waals surface area contributed by atoms with E-state index in [2.05, 4.69) is 10.3 Å². The van der Waals surface area contributed by atoms with E-state index in [1.54, 1.807) is 31.3 Å². The van der Waals surface area contributed by atoms with Crippen LogP contribution in [0, 0.1) is 24.1 Å². The minimum Gasteiger partial charge on any atom is -0.340 e. The molecule has 0 radical (unpaired) electrons. The molecule has 0 aliphatic carbocycles. The summed E-state index contributed by atoms with van der Waals surface area (Å²) in [6, 6.07) is 9.77. The van der Waals surface area contributed by atoms with Gasteiger partial charge in [0.1, 0.15) is 11.6 Å². The molecular weight excluding hydrogens is 217 g/mol. The zero-order valence-electron chi connectivity index (χ0n) is 9.24. The molecule has 1 aromatic heterocycles. The van der Waals surface area contributed by atoms with Gasteiger partial charge in [-0.2, -0.15) is 5.26 Å². The molecule has 1 N–H and O–H groups in total. The first-order chi connectivity index (χ1) is 8.19. The number of nitriles is 1. The zero-order valence-corrected chi connectivity index (χ0v) is 9.24. The number of rotatable bonds is 2. The van der Waals surface area contributed by atoms with Crippen molar-refractivity contribution < 1.29 is 4.39 Å². The van der Waals surface area contributed by atoms with E-state index in [0.29, 0.717) is 11.4 Å². The van der Waals surface area contributed by atoms with Gasteiger partial charge in [0, 0.05) is 11.9 Å². The molecule has 0 saturated carbocycles. The van der Waals surface area contributed by atoms with E-state index in [9.17, 15) is 4.39 Å². The SMILES string of the molecule is Cc1cc(F)ccc1Nc1cc(C#N)ccn1. The fourth-order valence-electron chi connectivity index (χ4n) is 1.47. The van der Waals surface area contributed by atoms with Gasteiger partial charge in [-0.1, -0.05) is 0 Å². The maximum atomic E-state index is 12.9. The van der Waals surface area contributed by atoms with E-state index < -0.39 is 0 Å². The lowest BCUT2D eigenvalue weighted by Gasteiger charge is -2.08. The van der Waals surface area contributed by atoms with Crippen LogP contribution in [-0.4, -0.2) is 4.98 Å². The van der Waals surface area contributed by atoms with Crippen molar-refractivity contribution in [1.29, 1.82) is 5.26 Å². The number of halogens is 1. The highest BCUT2D eigenvalue weighted by Crippen LogP contribution is 2.20. The Kier molecular flexibility index (Phi) is 3.01. The van der Waals surface area contributed by atoms with Crippen LogP contribution in [0.4, 0.5) is 15.9 Å². The first-order valence-electron chi connectivity index (χ1n) is 5.08. The molecule has 2 aromatic rings. The third-order valence-corrected chi connectivity index (χ3v) is 2.34. The van der Waals surface area contributed by atoms with Gasteiger partial charge in [-0.15, -0.1) is 0 Å². The fraction of sp³-hybridized carbons (Fsp3) is 0.0769. The summed E-state index contributed by atoms with van der Waals surface area (Å²) < 4.78 is 12.9. The molecule has 0 atom stereocenters. The second-order valence-corrected chi connectivity index (χ2v) is 3.63. The number of pyridine rings is 1. The molecule has 3 nitrogen and oxygen atoms in total. The van der Waals surface area contributed by atoms with Crippen LogP contribution in [0.25, 0.3) is 0 Å². The van der Waals surface area contributed by atoms with Crippen molar-refractivity contribution in [2.45, 2.75) is 6.92 Å². The van der Waals surface area contributed by atoms with Gasteiger partial charge in [0.15, 0.2) is 0 Å². The van der Waals surface area contributed by atoms with Gasteiger partial charge >= 0.3 is 0 Å². The largest absolute Gasteiger partial charge is 0.340 e. The Hall–Kier alpha value is -2.41. The molecule has 0 amide bonds. The van der Waals surface area contributed by atoms with Crippen LogP contribution in [0.5, 0.6) is 0 Å². The molecule has 4 heteroatoms. The molecule has 0 spiro atoms. The molecule has 1 heterocycles. The standard InChI is InChI=1S/C13H10FN3/c1-9-6-11(14)2-3-12(9)17-13-7-10(8-15)4-5-16-13/h2-7H,1H3,(H,16,17). The van der Waals surface area contributed by atoms with Crippen molar-refractivity contribution in [3.8, 4) is 6.07 Å². The third kappa shape index (κ3) is 2.58. The predicted molar refractivity (Wildman–Crippen MR) is 63.4 cm³/mol. The first-order valence-corrected chi connectivity index (χ1v) is 5.08. The number of aromatic nitrogens is 1. The highest BCUT2D eigenvalue weighted by Gasteiger charge is 2.02. The van der Waals surface area contributed by atoms with Crippen LogP contribution in [0.3, 0.4) is 0 Å². The van der Waals surface area contributed by atoms with Crippen LogP contribution in [0.1, 0.15) is 11.1 Å². The number of benzene rings is 1. The molecule has 2 rings (SSSR count). The number of nitrogens with zero attached hydrogens (tertiary/aromatic N) is 2. The lowest BCUT2D eigenvalue weighted by atomic mass is 10.2. The lowest BCUT2D eigenvalue weighted by molar-refractivity contribution is 0.627. The molecule has 0 fully saturated rings. The van der Waals surface area contributed by atoms with Crippen molar-refractivity contribution in [3.63, 3.8) is 0 Å². The lowest BCUT2D eigenvalue weighted by Crippen LogP contribution is -1.96. The summed E-state index contributed by atoms with van der Waals surface area (Å²) in [5.41, 5.74) is 2.09. The molecule has 1 aromatic carbocycles. The molecule has 84 valence electrons. The highest BCUT2D eigenvalue weighted by atomic mass is 19.1. The maximum absolute atomic E-state index is 12.9. The Bertz CT molecular complexity index is 587. The summed E-state index contributed by atoms with van der Waals surface area (Å²) in [5, 5.41) is 11.8. The minimum atomic E-state index is -0.271. The molecular formula is C13H10FN3. The van der Waals surface area contributed by atoms with Gasteiger partial charge in [-0.25, -0.2) is 9.37 Å². The summed E-state index contributed by atoms with van der Waals surface area (Å²) in [4.78, 5) is 4.09. The van der Waals surface area contributed by atoms with Crippen molar-refractivity contribution in [2.75, 3.05) is 5.32 Å². The Morgan fingerprint density at radius 2 is 2.12 bits per heavy atom. The molecule has 0 aliphatic rings. The quantitative estimate of drug-likeness (QED) is 0.857. The van der Waals surface area contributed by atoms with E-state index in [1.165, 1.54) is 12.1 Å². The first kappa shape index (κ1) is 11.1. The summed E-state index contributed by atoms with van der Waals surface area (Å²) in [6.07, 6.45) is 1.56. The molecule has 17 heavy (non-hydrogen) atoms. The topological polar surface area (TPSA) is 48.7 Å². The molecule has 0 unspecified atom stereocenters. The van der Waals surface area contributed by atoms with E-state index in [-0.39, 0.29) is 5.82 Å². The third-order valence-electron chi connectivity index (χ3n) is 2.34. The number of aryl methyl sites for hydroxylation is 1. The van der Waals surface area contributed by atoms with Gasteiger partial charge in [0.2, 0.25) is 0 Å². The van der Waals surface area contributed by atoms with Gasteiger partial charge in [0.25, 0.3) is 0 Å². The van der Waals surface area contributed by atoms with E-state index >= 15 is 0 Å². The van der Waals surface area contributed by atoms with E-state index in [0.717, 1.165) is 11.3 Å². The maximum Gasteiger partial charge on any atom is 0.131 e. The number of hydrogen-bond acceptors (Lipinski definition) is 3. The van der Waals surface area contributed by atoms with Crippen LogP contribution < -0.4 is 5.32 Å². The Morgan fingerprint density at radius 1 is 1.29 bits per heavy atom. The number of nitrogens with one attached hydrogen (secondary N) is 1. The summed E-state index contributed by atoms with van der Waals surface area (Å²) in [7, 11) is 0. The van der Waals surface area contributed by atoms with Crippen LogP contribution in [0.2, 0.25) is 0 Å². The van der Waals surface area contributed by atoms with Gasteiger partial charge < -0.3 is 5.32 Å². The van der Waals surface area contributed by atoms with E-state index in [1.807, 2.05) is 6.07 Å². The Labute approximate surface area is 98.5 Å². The monoisotopic (exact) mass is 227 g/mol. The van der Waals surface area contributed by atoms with Crippen molar-refractivity contribution in [2.24, 2.45) is 0 Å². The summed E-state index contributed by atoms with van der Waals surface area (Å²) in [5.74, 6) is 0.297. The molecule has 0 aliphatic heterocycles. The zero-order chi connectivity index (χ0) is 12.3. The number of hydrogen-bond donors (Lipinski definition) is 1. The average molecular weight is 227 g/mol. The van der Waals surface area contributed by atoms with Crippen molar-refractivity contribution in [3.05, 3.63) is 53.5 Å². The fourth-order valence-corrected chi connectivity index (χ4v) is 1.47. The van der Waals surface area contributed by atoms with E-state index in [4.69, 9.17) is 5.26 Å². The normalized spacial score (nSPS) is 9.71. The smallest absolute Gasteiger partial charge is 0.131 e. The average Bonchev–Trinajstić information content (AvgIpc) is 2.33. The summed E-state index contributed by atoms with van der Waals surface area (Å²) >= 11 is 0. The van der Waals surface area contributed by atoms with Gasteiger partial charge in [0.05, 0.1) is 11.6 Å². The minimum absolute atomic E-state index is 0.271. The van der Waals surface area contributed by atoms with Crippen LogP contribution in [-0.2, 0) is 0 Å². The Balaban J connectivity index is 2.28. The molecule has 0 bridgehead atoms. The van der Waals surface area contributed by atoms with Crippen molar-refractivity contribution >= 4 is 11.5 Å². The second-order valence-electron chi connectivity index (χ2n) is 3.63. The number of anilines is 2. The van der Waals surface area contributed by atoms with Crippen LogP contribution in [0.15, 0.2) is 36.5 Å². The molecule has 0 saturated heterocycles. The van der Waals surface area contributed by atoms with Gasteiger partial charge in [-0.3, -0.25) is 0 Å². The van der Waals surface area contributed by atoms with Crippen molar-refractivity contribution in [1.82, 2.24) is 4.98 Å². The highest BCUT2D eigenvalue weighted by molar-refractivity contribution is 5.61. The predicted octanol–water partition coefficient (Wildman–Crippen LogP) is 3.14. The Morgan fingerprint density at radius 3 is 2.82 bits per heavy atom. The second kappa shape index (κ2) is 4.62.